The minimum atomic E-state index is -0.337. The zero-order valence-electron chi connectivity index (χ0n) is 15.8. The van der Waals surface area contributed by atoms with E-state index in [9.17, 15) is 4.79 Å². The number of aryl methyl sites for hydroxylation is 1. The van der Waals surface area contributed by atoms with Gasteiger partial charge >= 0.3 is 5.97 Å². The van der Waals surface area contributed by atoms with Crippen molar-refractivity contribution >= 4 is 66.6 Å². The summed E-state index contributed by atoms with van der Waals surface area (Å²) in [6.45, 7) is 2.67. The second-order valence-corrected chi connectivity index (χ2v) is 8.15. The van der Waals surface area contributed by atoms with Crippen molar-refractivity contribution in [1.29, 1.82) is 0 Å². The van der Waals surface area contributed by atoms with Gasteiger partial charge in [0.05, 0.1) is 39.4 Å². The number of hydrogen-bond acceptors (Lipinski definition) is 5. The maximum absolute atomic E-state index is 12.9. The van der Waals surface area contributed by atoms with E-state index < -0.39 is 0 Å². The van der Waals surface area contributed by atoms with Gasteiger partial charge in [-0.05, 0) is 46.6 Å². The summed E-state index contributed by atoms with van der Waals surface area (Å²) in [6.07, 6.45) is 0. The molecular weight excluding hydrogens is 452 g/mol. The fraction of sp³-hybridized carbons (Fsp3) is 0.190. The number of fused-ring (bicyclic) bond motifs is 4. The van der Waals surface area contributed by atoms with Crippen LogP contribution >= 0.6 is 27.7 Å². The molecule has 0 aliphatic carbocycles. The number of rotatable bonds is 4. The van der Waals surface area contributed by atoms with E-state index in [4.69, 9.17) is 4.74 Å². The van der Waals surface area contributed by atoms with E-state index in [1.165, 1.54) is 11.7 Å². The third kappa shape index (κ3) is 2.78. The summed E-state index contributed by atoms with van der Waals surface area (Å²) < 4.78 is 18.9. The molecular formula is C21H17BrN4O2S. The number of hydrogen-bond donors (Lipinski definition) is 0. The minimum absolute atomic E-state index is 0.323. The summed E-state index contributed by atoms with van der Waals surface area (Å²) >= 11 is 4.89. The van der Waals surface area contributed by atoms with Crippen LogP contribution < -0.4 is 0 Å². The predicted molar refractivity (Wildman–Crippen MR) is 119 cm³/mol. The van der Waals surface area contributed by atoms with Gasteiger partial charge in [-0.1, -0.05) is 24.3 Å². The van der Waals surface area contributed by atoms with Gasteiger partial charge < -0.3 is 13.9 Å². The first-order valence-electron chi connectivity index (χ1n) is 9.23. The lowest BCUT2D eigenvalue weighted by Gasteiger charge is -2.11. The molecule has 3 heterocycles. The van der Waals surface area contributed by atoms with Crippen molar-refractivity contribution in [2.24, 2.45) is 7.05 Å². The summed E-state index contributed by atoms with van der Waals surface area (Å²) in [5, 5.41) is 1.10. The topological polar surface area (TPSA) is 61.9 Å². The van der Waals surface area contributed by atoms with Gasteiger partial charge in [0.25, 0.3) is 0 Å². The van der Waals surface area contributed by atoms with Crippen molar-refractivity contribution in [2.75, 3.05) is 6.61 Å². The first kappa shape index (κ1) is 18.3. The Labute approximate surface area is 179 Å². The molecule has 0 bridgehead atoms. The van der Waals surface area contributed by atoms with Gasteiger partial charge in [-0.2, -0.15) is 8.75 Å². The number of nitrogens with zero attached hydrogens (tertiary/aromatic N) is 4. The molecule has 5 aromatic rings. The van der Waals surface area contributed by atoms with E-state index in [0.717, 1.165) is 43.0 Å². The molecule has 0 N–H and O–H groups in total. The maximum atomic E-state index is 12.9. The van der Waals surface area contributed by atoms with E-state index >= 15 is 0 Å². The van der Waals surface area contributed by atoms with Gasteiger partial charge in [-0.15, -0.1) is 0 Å². The zero-order valence-corrected chi connectivity index (χ0v) is 18.2. The van der Waals surface area contributed by atoms with Gasteiger partial charge in [-0.3, -0.25) is 0 Å². The molecule has 0 radical (unpaired) electrons. The largest absolute Gasteiger partial charge is 0.461 e. The number of para-hydroxylation sites is 1. The summed E-state index contributed by atoms with van der Waals surface area (Å²) in [5.74, 6) is -0.337. The Bertz CT molecular complexity index is 1400. The van der Waals surface area contributed by atoms with Crippen molar-refractivity contribution in [2.45, 2.75) is 13.5 Å². The van der Waals surface area contributed by atoms with Crippen LogP contribution in [0.2, 0.25) is 0 Å². The number of carbonyl (C=O) groups excluding carboxylic acids is 1. The van der Waals surface area contributed by atoms with E-state index in [0.29, 0.717) is 18.8 Å². The summed E-state index contributed by atoms with van der Waals surface area (Å²) in [5.41, 5.74) is 6.42. The van der Waals surface area contributed by atoms with Gasteiger partial charge in [0.1, 0.15) is 16.7 Å². The van der Waals surface area contributed by atoms with Crippen molar-refractivity contribution in [3.05, 3.63) is 58.2 Å². The Morgan fingerprint density at radius 2 is 1.93 bits per heavy atom. The smallest absolute Gasteiger partial charge is 0.356 e. The molecule has 0 spiro atoms. The molecule has 146 valence electrons. The van der Waals surface area contributed by atoms with Crippen LogP contribution in [-0.2, 0) is 18.3 Å². The molecule has 3 aromatic heterocycles. The highest BCUT2D eigenvalue weighted by Gasteiger charge is 2.27. The van der Waals surface area contributed by atoms with Crippen LogP contribution in [0.25, 0.3) is 33.0 Å². The van der Waals surface area contributed by atoms with Crippen LogP contribution in [0.4, 0.5) is 0 Å². The predicted octanol–water partition coefficient (Wildman–Crippen LogP) is 5.13. The lowest BCUT2D eigenvalue weighted by atomic mass is 10.2. The highest BCUT2D eigenvalue weighted by molar-refractivity contribution is 9.10. The SMILES string of the molecule is CCOC(=O)c1c(Br)c2c(c3ccccc3n2C)n1Cc1ccc2nsnc2c1. The third-order valence-corrected chi connectivity index (χ3v) is 6.47. The van der Waals surface area contributed by atoms with E-state index in [2.05, 4.69) is 41.4 Å². The Morgan fingerprint density at radius 3 is 2.76 bits per heavy atom. The molecule has 8 heteroatoms. The number of carbonyl (C=O) groups is 1. The average Bonchev–Trinajstić information content (AvgIpc) is 3.37. The Morgan fingerprint density at radius 1 is 1.14 bits per heavy atom. The Hall–Kier alpha value is -2.71. The lowest BCUT2D eigenvalue weighted by Crippen LogP contribution is -2.13. The molecule has 0 aliphatic heterocycles. The molecule has 2 aromatic carbocycles. The average molecular weight is 469 g/mol. The van der Waals surface area contributed by atoms with E-state index in [-0.39, 0.29) is 5.97 Å². The lowest BCUT2D eigenvalue weighted by molar-refractivity contribution is 0.0514. The summed E-state index contributed by atoms with van der Waals surface area (Å²) in [6, 6.07) is 14.2. The van der Waals surface area contributed by atoms with Gasteiger partial charge in [0, 0.05) is 19.0 Å². The van der Waals surface area contributed by atoms with Crippen LogP contribution in [0.5, 0.6) is 0 Å². The molecule has 0 aliphatic rings. The molecule has 0 atom stereocenters. The standard InChI is InChI=1S/C21H17BrN4O2S/c1-3-28-21(27)20-17(22)19-18(13-6-4-5-7-16(13)25(19)2)26(20)11-12-8-9-14-15(10-12)24-29-23-14/h4-10H,3,11H2,1-2H3. The monoisotopic (exact) mass is 468 g/mol. The molecule has 0 fully saturated rings. The van der Waals surface area contributed by atoms with Gasteiger partial charge in [0.2, 0.25) is 0 Å². The fourth-order valence-electron chi connectivity index (χ4n) is 3.91. The van der Waals surface area contributed by atoms with E-state index in [1.54, 1.807) is 0 Å². The van der Waals surface area contributed by atoms with Crippen LogP contribution in [0.15, 0.2) is 46.9 Å². The quantitative estimate of drug-likeness (QED) is 0.343. The summed E-state index contributed by atoms with van der Waals surface area (Å²) in [4.78, 5) is 12.9. The van der Waals surface area contributed by atoms with Crippen LogP contribution in [0.1, 0.15) is 23.0 Å². The molecule has 0 saturated carbocycles. The highest BCUT2D eigenvalue weighted by Crippen LogP contribution is 2.38. The van der Waals surface area contributed by atoms with Crippen molar-refractivity contribution in [1.82, 2.24) is 17.9 Å². The highest BCUT2D eigenvalue weighted by atomic mass is 79.9. The third-order valence-electron chi connectivity index (χ3n) is 5.16. The molecule has 6 nitrogen and oxygen atoms in total. The first-order valence-corrected chi connectivity index (χ1v) is 10.8. The van der Waals surface area contributed by atoms with Crippen molar-refractivity contribution in [3.63, 3.8) is 0 Å². The van der Waals surface area contributed by atoms with Crippen molar-refractivity contribution < 1.29 is 9.53 Å². The van der Waals surface area contributed by atoms with Gasteiger partial charge in [0.15, 0.2) is 0 Å². The minimum Gasteiger partial charge on any atom is -0.461 e. The maximum Gasteiger partial charge on any atom is 0.356 e. The second-order valence-electron chi connectivity index (χ2n) is 6.83. The fourth-order valence-corrected chi connectivity index (χ4v) is 5.25. The second kappa shape index (κ2) is 6.96. The Kier molecular flexibility index (Phi) is 4.40. The number of ether oxygens (including phenoxy) is 1. The number of aromatic nitrogens is 4. The number of halogens is 1. The first-order chi connectivity index (χ1) is 14.1. The van der Waals surface area contributed by atoms with Crippen LogP contribution in [-0.4, -0.2) is 30.5 Å². The van der Waals surface area contributed by atoms with Crippen LogP contribution in [0.3, 0.4) is 0 Å². The van der Waals surface area contributed by atoms with Crippen molar-refractivity contribution in [3.8, 4) is 0 Å². The molecule has 5 rings (SSSR count). The molecule has 29 heavy (non-hydrogen) atoms. The Balaban J connectivity index is 1.79. The van der Waals surface area contributed by atoms with Gasteiger partial charge in [-0.25, -0.2) is 4.79 Å². The van der Waals surface area contributed by atoms with Crippen LogP contribution in [0, 0.1) is 0 Å². The molecule has 0 unspecified atom stereocenters. The number of esters is 1. The molecule has 0 saturated heterocycles. The molecule has 0 amide bonds. The number of benzene rings is 2. The normalized spacial score (nSPS) is 11.7. The summed E-state index contributed by atoms with van der Waals surface area (Å²) in [7, 11) is 2.02. The zero-order chi connectivity index (χ0) is 20.1. The van der Waals surface area contributed by atoms with E-state index in [1.807, 2.05) is 48.9 Å².